The number of nitrogens with zero attached hydrogens (tertiary/aromatic N) is 6. The predicted octanol–water partition coefficient (Wildman–Crippen LogP) is 16.0. The minimum atomic E-state index is -0.861. The Labute approximate surface area is 689 Å². The lowest BCUT2D eigenvalue weighted by Crippen LogP contribution is -2.56. The van der Waals surface area contributed by atoms with Gasteiger partial charge in [0.2, 0.25) is 23.6 Å². The number of methoxy groups -OCH3 is 5. The van der Waals surface area contributed by atoms with Crippen molar-refractivity contribution in [3.05, 3.63) is 165 Å². The number of allylic oxidation sites excluding steroid dienone is 8. The number of ether oxygens (including phenoxy) is 5. The molecule has 4 aromatic rings. The molecule has 4 aliphatic carbocycles. The van der Waals surface area contributed by atoms with Crippen LogP contribution in [-0.2, 0) is 42.9 Å². The summed E-state index contributed by atoms with van der Waals surface area (Å²) >= 11 is 0. The van der Waals surface area contributed by atoms with Gasteiger partial charge in [-0.2, -0.15) is 0 Å². The molecular formula is C94H118N10O13. The van der Waals surface area contributed by atoms with Gasteiger partial charge in [0.1, 0.15) is 24.2 Å². The van der Waals surface area contributed by atoms with Crippen molar-refractivity contribution in [2.45, 2.75) is 231 Å². The number of amides is 8. The second kappa shape index (κ2) is 37.9. The fraction of sp³-hybridized carbons (Fsp3) is 0.511. The van der Waals surface area contributed by atoms with Crippen molar-refractivity contribution in [3.8, 4) is 22.3 Å². The van der Waals surface area contributed by atoms with E-state index in [-0.39, 0.29) is 65.5 Å². The smallest absolute Gasteiger partial charge is 0.407 e. The zero-order valence-corrected chi connectivity index (χ0v) is 70.3. The number of rotatable bonds is 23. The maximum atomic E-state index is 14.0. The SMILES string of the molecule is COC(=O)N[C@H](C(=O)N1CCC[C@H]1C1=C2CCCCC2=C(c2ccc(-c3ccc(C4=CN=C([C@@H]5CCCN5C(=O)[C@@H](NC(=O)OC)[C@@H](C)OC)C4)cc3)cc2)C1)C(C)C.COC(=O)N[C@H](C(=O)N1CCC[C@H]1C1=NC=C(c2ccc(-c3ccc(C4=C5CCCCC5=C([C@@H]5CCCN5C(=O)[C@@H](NC(=O)OC)C(C)C)C4)cc3)cc2)C1)C(C)C. The molecule has 622 valence electrons. The molecule has 0 bridgehead atoms. The van der Waals surface area contributed by atoms with E-state index in [0.717, 1.165) is 152 Å². The first-order valence-corrected chi connectivity index (χ1v) is 42.5. The number of nitrogens with one attached hydrogen (secondary N) is 4. The number of benzene rings is 4. The number of carbonyl (C=O) groups excluding carboxylic acids is 8. The number of carbonyl (C=O) groups is 8. The topological polar surface area (TPSA) is 269 Å². The predicted molar refractivity (Wildman–Crippen MR) is 455 cm³/mol. The molecule has 0 spiro atoms. The van der Waals surface area contributed by atoms with Crippen LogP contribution in [0.5, 0.6) is 0 Å². The van der Waals surface area contributed by atoms with E-state index in [4.69, 9.17) is 33.7 Å². The quantitative estimate of drug-likeness (QED) is 0.0504. The maximum Gasteiger partial charge on any atom is 0.407 e. The van der Waals surface area contributed by atoms with Crippen molar-refractivity contribution in [2.75, 3.05) is 61.7 Å². The van der Waals surface area contributed by atoms with E-state index < -0.39 is 54.6 Å². The van der Waals surface area contributed by atoms with Gasteiger partial charge in [0.05, 0.1) is 58.7 Å². The third kappa shape index (κ3) is 18.5. The van der Waals surface area contributed by atoms with E-state index in [2.05, 4.69) is 118 Å². The minimum Gasteiger partial charge on any atom is -0.453 e. The summed E-state index contributed by atoms with van der Waals surface area (Å²) in [6.45, 7) is 16.1. The molecule has 9 atom stereocenters. The molecule has 117 heavy (non-hydrogen) atoms. The first kappa shape index (κ1) is 84.5. The number of aliphatic imine (C=N–C) groups is 2. The number of hydrogen-bond acceptors (Lipinski definition) is 15. The molecule has 0 radical (unpaired) electrons. The molecule has 23 heteroatoms. The van der Waals surface area contributed by atoms with Crippen molar-refractivity contribution >= 4 is 81.7 Å². The standard InChI is InChI=1S/C47H59N5O7.C47H59N5O6/c1-28(2)42(49-46(55)58-5)44(53)51-23-9-13-40(51)38-26-37(35-11-7-8-12-36(35)38)33-21-19-31(20-22-33)30-15-17-32(18-16-30)34-25-39(48-27-34)41-14-10-24-52(41)45(54)43(29(3)57-4)50-47(56)59-6;1-28(2)42(49-46(55)57-5)44(53)51-23-9-13-40(51)38-26-37(35-11-7-8-12-36(35)38)33-21-19-31(20-22-33)30-15-17-32(18-16-30)34-25-39(48-27-34)41-14-10-24-52(41)45(54)43(29(3)4)50-47(56)58-6/h15-22,27-29,40-43H,7-14,23-26H2,1-6H3,(H,49,55)(H,50,56);15-22,27-29,40-43H,7-14,23-26H2,1-6H3,(H,49,55)(H,50,56)/t29-,40+,41+,42+,43+;40-,41-,42-,43-/m10/s1. The highest BCUT2D eigenvalue weighted by Gasteiger charge is 2.45. The van der Waals surface area contributed by atoms with Crippen molar-refractivity contribution in [2.24, 2.45) is 27.7 Å². The van der Waals surface area contributed by atoms with Crippen LogP contribution in [0, 0.1) is 17.8 Å². The van der Waals surface area contributed by atoms with Crippen LogP contribution in [-0.4, -0.2) is 195 Å². The Kier molecular flexibility index (Phi) is 27.4. The third-order valence-corrected chi connectivity index (χ3v) is 25.8. The number of likely N-dealkylation sites (tertiary alicyclic amines) is 4. The number of fused-ring (bicyclic) bond motifs is 2. The van der Waals surface area contributed by atoms with E-state index >= 15 is 0 Å². The summed E-state index contributed by atoms with van der Waals surface area (Å²) in [6.07, 6.45) is 20.1. The Morgan fingerprint density at radius 2 is 0.590 bits per heavy atom. The lowest BCUT2D eigenvalue weighted by Gasteiger charge is -2.32. The summed E-state index contributed by atoms with van der Waals surface area (Å²) in [7, 11) is 6.76. The zero-order valence-electron chi connectivity index (χ0n) is 70.3. The van der Waals surface area contributed by atoms with Crippen LogP contribution < -0.4 is 21.3 Å². The van der Waals surface area contributed by atoms with Crippen LogP contribution in [0.1, 0.15) is 199 Å². The van der Waals surface area contributed by atoms with Gasteiger partial charge in [0.25, 0.3) is 0 Å². The van der Waals surface area contributed by atoms with Gasteiger partial charge in [-0.1, -0.05) is 139 Å². The van der Waals surface area contributed by atoms with E-state index in [0.29, 0.717) is 39.0 Å². The van der Waals surface area contributed by atoms with Crippen molar-refractivity contribution in [1.29, 1.82) is 0 Å². The van der Waals surface area contributed by atoms with Gasteiger partial charge in [-0.15, -0.1) is 0 Å². The van der Waals surface area contributed by atoms with Crippen LogP contribution >= 0.6 is 0 Å². The van der Waals surface area contributed by atoms with Crippen LogP contribution in [0.15, 0.2) is 153 Å². The first-order chi connectivity index (χ1) is 56.5. The average molecular weight is 1600 g/mol. The monoisotopic (exact) mass is 1590 g/mol. The molecule has 2 saturated carbocycles. The van der Waals surface area contributed by atoms with Gasteiger partial charge in [0.15, 0.2) is 0 Å². The maximum absolute atomic E-state index is 14.0. The second-order valence-corrected chi connectivity index (χ2v) is 33.8. The summed E-state index contributed by atoms with van der Waals surface area (Å²) in [5, 5.41) is 11.0. The summed E-state index contributed by atoms with van der Waals surface area (Å²) in [5.41, 5.74) is 24.9. The van der Waals surface area contributed by atoms with Crippen LogP contribution in [0.4, 0.5) is 19.2 Å². The van der Waals surface area contributed by atoms with E-state index in [1.54, 1.807) is 6.92 Å². The Hall–Kier alpha value is -10.4. The number of alkyl carbamates (subject to hydrolysis) is 4. The summed E-state index contributed by atoms with van der Waals surface area (Å²) in [6, 6.07) is 32.2. The second-order valence-electron chi connectivity index (χ2n) is 33.8. The van der Waals surface area contributed by atoms with E-state index in [1.807, 2.05) is 73.5 Å². The zero-order chi connectivity index (χ0) is 82.9. The molecule has 8 amide bonds. The highest BCUT2D eigenvalue weighted by molar-refractivity contribution is 6.05. The lowest BCUT2D eigenvalue weighted by atomic mass is 9.86. The molecular weight excluding hydrogens is 1480 g/mol. The molecule has 6 heterocycles. The van der Waals surface area contributed by atoms with E-state index in [9.17, 15) is 38.4 Å². The summed E-state index contributed by atoms with van der Waals surface area (Å²) < 4.78 is 24.7. The van der Waals surface area contributed by atoms with Crippen LogP contribution in [0.3, 0.4) is 0 Å². The molecule has 14 rings (SSSR count). The Morgan fingerprint density at radius 1 is 0.325 bits per heavy atom. The minimum absolute atomic E-state index is 0.0204. The first-order valence-electron chi connectivity index (χ1n) is 42.5. The van der Waals surface area contributed by atoms with Gasteiger partial charge in [-0.25, -0.2) is 19.2 Å². The largest absolute Gasteiger partial charge is 0.453 e. The van der Waals surface area contributed by atoms with Gasteiger partial charge >= 0.3 is 24.4 Å². The molecule has 6 aliphatic heterocycles. The highest BCUT2D eigenvalue weighted by atomic mass is 16.6. The van der Waals surface area contributed by atoms with Crippen LogP contribution in [0.25, 0.3) is 44.5 Å². The van der Waals surface area contributed by atoms with Gasteiger partial charge < -0.3 is 64.6 Å². The molecule has 4 saturated heterocycles. The molecule has 10 aliphatic rings. The summed E-state index contributed by atoms with van der Waals surface area (Å²) in [5.74, 6) is -0.524. The third-order valence-electron chi connectivity index (χ3n) is 25.8. The molecule has 4 aromatic carbocycles. The molecule has 0 unspecified atom stereocenters. The van der Waals surface area contributed by atoms with Gasteiger partial charge in [0, 0.05) is 70.0 Å². The Bertz CT molecular complexity index is 4660. The lowest BCUT2D eigenvalue weighted by molar-refractivity contribution is -0.136. The number of hydrogen-bond donors (Lipinski definition) is 4. The molecule has 0 aromatic heterocycles. The Morgan fingerprint density at radius 3 is 0.889 bits per heavy atom. The van der Waals surface area contributed by atoms with Crippen LogP contribution in [0.2, 0.25) is 0 Å². The van der Waals surface area contributed by atoms with Crippen molar-refractivity contribution in [1.82, 2.24) is 40.9 Å². The van der Waals surface area contributed by atoms with Gasteiger partial charge in [-0.3, -0.25) is 29.2 Å². The molecule has 23 nitrogen and oxygen atoms in total. The normalized spacial score (nSPS) is 21.7. The summed E-state index contributed by atoms with van der Waals surface area (Å²) in [4.78, 5) is 121. The van der Waals surface area contributed by atoms with Crippen molar-refractivity contribution in [3.63, 3.8) is 0 Å². The average Bonchev–Trinajstić information content (AvgIpc) is 1.61. The fourth-order valence-electron chi connectivity index (χ4n) is 19.4. The highest BCUT2D eigenvalue weighted by Crippen LogP contribution is 2.51. The Balaban J connectivity index is 0.000000203. The van der Waals surface area contributed by atoms with Crippen molar-refractivity contribution < 1.29 is 62.0 Å². The van der Waals surface area contributed by atoms with E-state index in [1.165, 1.54) is 111 Å². The molecule has 6 fully saturated rings. The fourth-order valence-corrected chi connectivity index (χ4v) is 19.4. The molecule has 4 N–H and O–H groups in total. The van der Waals surface area contributed by atoms with Gasteiger partial charge in [-0.05, 0) is 240 Å².